The number of ether oxygens (including phenoxy) is 1. The van der Waals surface area contributed by atoms with Crippen LogP contribution in [-0.4, -0.2) is 68.7 Å². The van der Waals surface area contributed by atoms with Gasteiger partial charge in [-0.1, -0.05) is 44.3 Å². The molecule has 1 aliphatic carbocycles. The van der Waals surface area contributed by atoms with Gasteiger partial charge in [0, 0.05) is 4.75 Å². The van der Waals surface area contributed by atoms with E-state index >= 15 is 0 Å². The van der Waals surface area contributed by atoms with Gasteiger partial charge in [-0.15, -0.1) is 0 Å². The van der Waals surface area contributed by atoms with Crippen molar-refractivity contribution in [1.82, 2.24) is 19.5 Å². The molecule has 5 rings (SSSR count). The highest BCUT2D eigenvalue weighted by Gasteiger charge is 2.55. The number of aromatic amines is 1. The minimum Gasteiger partial charge on any atom is -0.408 e. The summed E-state index contributed by atoms with van der Waals surface area (Å²) in [6, 6.07) is 0. The van der Waals surface area contributed by atoms with Crippen molar-refractivity contribution in [2.24, 2.45) is 5.92 Å². The average Bonchev–Trinajstić information content (AvgIpc) is 3.48. The zero-order valence-electron chi connectivity index (χ0n) is 24.2. The Hall–Kier alpha value is -0.893. The number of aliphatic hydroxyl groups excluding tert-OH is 1. The molecule has 0 bridgehead atoms. The highest BCUT2D eigenvalue weighted by atomic mass is 32.9. The van der Waals surface area contributed by atoms with Gasteiger partial charge in [-0.25, -0.2) is 9.97 Å². The second-order valence-electron chi connectivity index (χ2n) is 13.0. The van der Waals surface area contributed by atoms with Crippen LogP contribution in [0.25, 0.3) is 11.2 Å². The maximum absolute atomic E-state index is 12.2. The molecule has 40 heavy (non-hydrogen) atoms. The van der Waals surface area contributed by atoms with E-state index in [-0.39, 0.29) is 33.6 Å². The molecule has 2 aliphatic heterocycles. The lowest BCUT2D eigenvalue weighted by Crippen LogP contribution is -2.49. The standard InChI is InChI=1S/C26H41N4O6PS2Si/c1-15(2)16-9-10-26(6)18(11-16)35-37(38,39-26)33-12-17-21(36-40(7,8)25(3,4)5)20(31)24(34-17)30-14-29-19-22(30)27-13-28-23(19)32/h13-14,16-18,20-21,24,31H,1,9-12H2,2-8H3,(H,27,28,32)/t16-,17+,18+,20+,21+,24+,26+,37?/m0/s1. The maximum Gasteiger partial charge on any atom is 0.278 e. The Labute approximate surface area is 245 Å². The Morgan fingerprint density at radius 1 is 1.43 bits per heavy atom. The first-order valence-corrected chi connectivity index (χ1v) is 20.7. The lowest BCUT2D eigenvalue weighted by atomic mass is 9.77. The van der Waals surface area contributed by atoms with Crippen molar-refractivity contribution in [2.45, 2.75) is 107 Å². The molecular formula is C26H41N4O6PS2Si. The molecule has 14 heteroatoms. The molecule has 0 amide bonds. The van der Waals surface area contributed by atoms with Crippen LogP contribution in [0.3, 0.4) is 0 Å². The molecule has 0 spiro atoms. The fourth-order valence-electron chi connectivity index (χ4n) is 5.40. The predicted molar refractivity (Wildman–Crippen MR) is 163 cm³/mol. The van der Waals surface area contributed by atoms with Gasteiger partial charge in [0.1, 0.15) is 18.3 Å². The molecule has 0 aromatic carbocycles. The van der Waals surface area contributed by atoms with Crippen LogP contribution in [0.5, 0.6) is 0 Å². The Morgan fingerprint density at radius 2 is 2.15 bits per heavy atom. The lowest BCUT2D eigenvalue weighted by molar-refractivity contribution is -0.0475. The Bertz CT molecular complexity index is 1400. The lowest BCUT2D eigenvalue weighted by Gasteiger charge is -2.40. The van der Waals surface area contributed by atoms with Crippen LogP contribution in [0.15, 0.2) is 29.6 Å². The number of allylic oxidation sites excluding steroid dienone is 1. The molecule has 10 nitrogen and oxygen atoms in total. The van der Waals surface area contributed by atoms with Gasteiger partial charge in [0.25, 0.3) is 5.56 Å². The van der Waals surface area contributed by atoms with E-state index in [4.69, 9.17) is 30.0 Å². The highest BCUT2D eigenvalue weighted by Crippen LogP contribution is 2.75. The first-order chi connectivity index (χ1) is 18.5. The first-order valence-electron chi connectivity index (χ1n) is 13.7. The number of nitrogens with zero attached hydrogens (tertiary/aromatic N) is 3. The largest absolute Gasteiger partial charge is 0.408 e. The molecule has 8 atom stereocenters. The summed E-state index contributed by atoms with van der Waals surface area (Å²) >= 11 is 7.67. The quantitative estimate of drug-likeness (QED) is 0.238. The second-order valence-corrected chi connectivity index (χ2v) is 24.4. The molecule has 222 valence electrons. The summed E-state index contributed by atoms with van der Waals surface area (Å²) in [5.74, 6) is 0.433. The average molecular weight is 629 g/mol. The zero-order chi connectivity index (χ0) is 29.3. The summed E-state index contributed by atoms with van der Waals surface area (Å²) in [7, 11) is -2.32. The smallest absolute Gasteiger partial charge is 0.278 e. The summed E-state index contributed by atoms with van der Waals surface area (Å²) in [6.07, 6.45) is 2.57. The number of hydrogen-bond donors (Lipinski definition) is 2. The van der Waals surface area contributed by atoms with Crippen molar-refractivity contribution in [1.29, 1.82) is 0 Å². The molecule has 2 saturated heterocycles. The summed E-state index contributed by atoms with van der Waals surface area (Å²) in [5, 5.41) is 11.5. The van der Waals surface area contributed by atoms with E-state index in [1.54, 1.807) is 15.9 Å². The summed E-state index contributed by atoms with van der Waals surface area (Å²) in [5.41, 5.74) is -1.34. The fraction of sp³-hybridized carbons (Fsp3) is 0.731. The monoisotopic (exact) mass is 628 g/mol. The van der Waals surface area contributed by atoms with Gasteiger partial charge in [-0.05, 0) is 69.0 Å². The molecular weight excluding hydrogens is 588 g/mol. The maximum atomic E-state index is 12.2. The molecule has 3 fully saturated rings. The molecule has 2 aromatic heterocycles. The highest BCUT2D eigenvalue weighted by molar-refractivity contribution is 8.68. The van der Waals surface area contributed by atoms with Crippen molar-refractivity contribution in [3.63, 3.8) is 0 Å². The summed E-state index contributed by atoms with van der Waals surface area (Å²) < 4.78 is 27.6. The molecule has 4 heterocycles. The van der Waals surface area contributed by atoms with Gasteiger partial charge in [0.15, 0.2) is 25.7 Å². The SMILES string of the molecule is C=C(C)[C@H]1CC[C@@]2(C)SP(=S)(OC[C@H]3O[C@@H](n4cnc5c(=O)[nH]cnc54)[C@H](O)[C@@H]3O[Si](C)(C)C(C)(C)C)O[C@@H]2C1. The fourth-order valence-corrected chi connectivity index (χ4v) is 13.9. The number of fused-ring (bicyclic) bond motifs is 2. The third-order valence-corrected chi connectivity index (χ3v) is 19.3. The summed E-state index contributed by atoms with van der Waals surface area (Å²) in [6.45, 7) is 19.3. The number of rotatable bonds is 7. The van der Waals surface area contributed by atoms with Gasteiger partial charge in [-0.3, -0.25) is 9.36 Å². The number of imidazole rings is 1. The minimum atomic E-state index is -2.67. The van der Waals surface area contributed by atoms with Gasteiger partial charge in [-0.2, -0.15) is 0 Å². The normalized spacial score (nSPS) is 36.7. The van der Waals surface area contributed by atoms with Crippen molar-refractivity contribution >= 4 is 48.4 Å². The van der Waals surface area contributed by atoms with Crippen LogP contribution in [0, 0.1) is 5.92 Å². The third-order valence-electron chi connectivity index (χ3n) is 9.03. The Kier molecular flexibility index (Phi) is 8.16. The van der Waals surface area contributed by atoms with Crippen molar-refractivity contribution in [2.75, 3.05) is 6.61 Å². The van der Waals surface area contributed by atoms with E-state index in [0.717, 1.165) is 19.3 Å². The van der Waals surface area contributed by atoms with Crippen LogP contribution in [0.2, 0.25) is 18.1 Å². The molecule has 3 aliphatic rings. The van der Waals surface area contributed by atoms with Gasteiger partial charge in [0.2, 0.25) is 5.69 Å². The van der Waals surface area contributed by atoms with Gasteiger partial charge in [0.05, 0.1) is 25.4 Å². The van der Waals surface area contributed by atoms with Crippen molar-refractivity contribution < 1.29 is 23.3 Å². The number of nitrogens with one attached hydrogen (secondary N) is 1. The van der Waals surface area contributed by atoms with E-state index in [1.807, 2.05) is 0 Å². The first kappa shape index (κ1) is 30.6. The number of aliphatic hydroxyl groups is 1. The van der Waals surface area contributed by atoms with Crippen LogP contribution >= 0.6 is 17.1 Å². The third kappa shape index (κ3) is 5.58. The van der Waals surface area contributed by atoms with E-state index in [1.165, 1.54) is 18.2 Å². The second kappa shape index (κ2) is 10.7. The molecule has 1 saturated carbocycles. The Balaban J connectivity index is 1.39. The van der Waals surface area contributed by atoms with E-state index in [9.17, 15) is 9.90 Å². The van der Waals surface area contributed by atoms with Crippen LogP contribution in [-0.2, 0) is 30.0 Å². The van der Waals surface area contributed by atoms with E-state index < -0.39 is 38.6 Å². The van der Waals surface area contributed by atoms with Crippen LogP contribution in [0.1, 0.15) is 60.1 Å². The topological polar surface area (TPSA) is 121 Å². The van der Waals surface area contributed by atoms with E-state index in [2.05, 4.69) is 69.2 Å². The van der Waals surface area contributed by atoms with Crippen molar-refractivity contribution in [3.8, 4) is 0 Å². The summed E-state index contributed by atoms with van der Waals surface area (Å²) in [4.78, 5) is 23.3. The van der Waals surface area contributed by atoms with Crippen LogP contribution in [0.4, 0.5) is 0 Å². The number of hydrogen-bond acceptors (Lipinski definition) is 10. The minimum absolute atomic E-state index is 0.0161. The molecule has 2 aromatic rings. The molecule has 1 unspecified atom stereocenters. The zero-order valence-corrected chi connectivity index (χ0v) is 27.8. The predicted octanol–water partition coefficient (Wildman–Crippen LogP) is 5.28. The molecule has 2 N–H and O–H groups in total. The molecule has 0 radical (unpaired) electrons. The number of H-pyrrole nitrogens is 1. The van der Waals surface area contributed by atoms with Crippen molar-refractivity contribution in [3.05, 3.63) is 35.2 Å². The Morgan fingerprint density at radius 3 is 2.83 bits per heavy atom. The van der Waals surface area contributed by atoms with E-state index in [0.29, 0.717) is 11.6 Å². The van der Waals surface area contributed by atoms with Gasteiger partial charge >= 0.3 is 0 Å². The van der Waals surface area contributed by atoms with Gasteiger partial charge < -0.3 is 28.3 Å². The van der Waals surface area contributed by atoms with Crippen LogP contribution < -0.4 is 5.56 Å². The number of aromatic nitrogens is 4.